The van der Waals surface area contributed by atoms with Crippen LogP contribution in [0.4, 0.5) is 23.1 Å². The van der Waals surface area contributed by atoms with E-state index in [4.69, 9.17) is 15.9 Å². The van der Waals surface area contributed by atoms with E-state index in [2.05, 4.69) is 25.9 Å². The Hall–Kier alpha value is -3.39. The highest BCUT2D eigenvalue weighted by atomic mass is 16.5. The zero-order valence-electron chi connectivity index (χ0n) is 18.0. The molecule has 33 heavy (non-hydrogen) atoms. The molecule has 3 rings (SSSR count). The topological polar surface area (TPSA) is 209 Å². The normalized spacial score (nSPS) is 16.3. The van der Waals surface area contributed by atoms with E-state index in [1.807, 2.05) is 4.90 Å². The Kier molecular flexibility index (Phi) is 7.71. The summed E-state index contributed by atoms with van der Waals surface area (Å²) in [5, 5.41) is 45.5. The Balaban J connectivity index is 1.57. The fraction of sp³-hybridized carbons (Fsp3) is 0.450. The summed E-state index contributed by atoms with van der Waals surface area (Å²) in [7, 11) is 1.80. The zero-order chi connectivity index (χ0) is 24.1. The minimum Gasteiger partial charge on any atom is -0.383 e. The van der Waals surface area contributed by atoms with Crippen molar-refractivity contribution in [3.63, 3.8) is 0 Å². The van der Waals surface area contributed by atoms with Gasteiger partial charge in [0.25, 0.3) is 11.5 Å². The zero-order valence-corrected chi connectivity index (χ0v) is 18.0. The summed E-state index contributed by atoms with van der Waals surface area (Å²) >= 11 is 0. The van der Waals surface area contributed by atoms with Gasteiger partial charge in [-0.05, 0) is 30.7 Å². The molecule has 0 aliphatic carbocycles. The summed E-state index contributed by atoms with van der Waals surface area (Å²) in [6.45, 7) is 1.04. The van der Waals surface area contributed by atoms with Gasteiger partial charge in [-0.3, -0.25) is 14.6 Å². The monoisotopic (exact) mass is 463 g/mol. The van der Waals surface area contributed by atoms with Gasteiger partial charge < -0.3 is 47.0 Å². The highest BCUT2D eigenvalue weighted by Gasteiger charge is 2.27. The first-order valence-electron chi connectivity index (χ1n) is 10.4. The number of anilines is 4. The molecule has 13 heteroatoms. The van der Waals surface area contributed by atoms with Crippen molar-refractivity contribution in [2.45, 2.75) is 37.5 Å². The molecule has 1 amide bonds. The number of benzene rings is 1. The number of aliphatic hydroxyl groups excluding tert-OH is 2. The van der Waals surface area contributed by atoms with Crippen molar-refractivity contribution in [1.82, 2.24) is 15.3 Å². The molecule has 1 aliphatic heterocycles. The number of aromatic amines is 1. The molecule has 1 aromatic heterocycles. The van der Waals surface area contributed by atoms with Gasteiger partial charge in [0, 0.05) is 37.8 Å². The molecule has 2 atom stereocenters. The Morgan fingerprint density at radius 3 is 2.58 bits per heavy atom. The highest BCUT2D eigenvalue weighted by Crippen LogP contribution is 2.25. The molecule has 2 unspecified atom stereocenters. The quantitative estimate of drug-likeness (QED) is 0.189. The first-order valence-corrected chi connectivity index (χ1v) is 10.4. The number of hydrogen-bond donors (Lipinski definition) is 9. The number of nitrogens with one attached hydrogen (secondary N) is 4. The summed E-state index contributed by atoms with van der Waals surface area (Å²) < 4.78 is 0. The maximum absolute atomic E-state index is 12.4. The van der Waals surface area contributed by atoms with E-state index >= 15 is 0 Å². The van der Waals surface area contributed by atoms with Crippen LogP contribution in [0.3, 0.4) is 0 Å². The Labute approximate surface area is 189 Å². The van der Waals surface area contributed by atoms with Crippen molar-refractivity contribution in [2.75, 3.05) is 41.4 Å². The van der Waals surface area contributed by atoms with Gasteiger partial charge in [-0.1, -0.05) is 0 Å². The second kappa shape index (κ2) is 10.5. The van der Waals surface area contributed by atoms with Gasteiger partial charge >= 0.3 is 0 Å². The van der Waals surface area contributed by atoms with Gasteiger partial charge in [0.2, 0.25) is 5.95 Å². The van der Waals surface area contributed by atoms with Crippen LogP contribution >= 0.6 is 0 Å². The highest BCUT2D eigenvalue weighted by molar-refractivity contribution is 5.94. The third-order valence-electron chi connectivity index (χ3n) is 5.42. The van der Waals surface area contributed by atoms with Crippen molar-refractivity contribution in [2.24, 2.45) is 0 Å². The Morgan fingerprint density at radius 1 is 1.24 bits per heavy atom. The lowest BCUT2D eigenvalue weighted by molar-refractivity contribution is -0.0817. The molecule has 0 radical (unpaired) electrons. The third kappa shape index (κ3) is 6.10. The molecular weight excluding hydrogens is 434 g/mol. The predicted octanol–water partition coefficient (Wildman–Crippen LogP) is -1.81. The van der Waals surface area contributed by atoms with Crippen LogP contribution in [0.15, 0.2) is 29.1 Å². The number of nitrogen functional groups attached to an aromatic ring is 1. The maximum Gasteiger partial charge on any atom is 0.278 e. The van der Waals surface area contributed by atoms with Crippen LogP contribution in [0, 0.1) is 0 Å². The number of likely N-dealkylation sites (N-methyl/N-ethyl adjacent to an activating group) is 1. The number of carbonyl (C=O) groups is 1. The Morgan fingerprint density at radius 2 is 1.94 bits per heavy atom. The van der Waals surface area contributed by atoms with Gasteiger partial charge in [0.05, 0.1) is 12.1 Å². The third-order valence-corrected chi connectivity index (χ3v) is 5.42. The van der Waals surface area contributed by atoms with E-state index in [0.717, 1.165) is 5.69 Å². The summed E-state index contributed by atoms with van der Waals surface area (Å²) in [5.41, 5.74) is 6.72. The number of aromatic nitrogens is 2. The predicted molar refractivity (Wildman–Crippen MR) is 122 cm³/mol. The lowest BCUT2D eigenvalue weighted by Crippen LogP contribution is -2.48. The SMILES string of the molecule is CN1c2c(nc(N)[nH]c2=O)NCC1CNc1ccc(C(=O)NC(CCC(O)O)C(O)O)cc1. The molecule has 0 spiro atoms. The minimum absolute atomic E-state index is 0.0161. The smallest absolute Gasteiger partial charge is 0.278 e. The molecule has 0 saturated heterocycles. The fourth-order valence-electron chi connectivity index (χ4n) is 3.53. The van der Waals surface area contributed by atoms with Gasteiger partial charge in [0.15, 0.2) is 18.4 Å². The number of hydrogen-bond acceptors (Lipinski definition) is 11. The second-order valence-electron chi connectivity index (χ2n) is 7.80. The number of aliphatic hydroxyl groups is 4. The van der Waals surface area contributed by atoms with Gasteiger partial charge in [-0.25, -0.2) is 0 Å². The molecule has 10 N–H and O–H groups in total. The fourth-order valence-corrected chi connectivity index (χ4v) is 3.53. The minimum atomic E-state index is -1.83. The van der Waals surface area contributed by atoms with Crippen molar-refractivity contribution in [1.29, 1.82) is 0 Å². The molecule has 0 fully saturated rings. The van der Waals surface area contributed by atoms with Crippen molar-refractivity contribution < 1.29 is 25.2 Å². The van der Waals surface area contributed by atoms with Crippen molar-refractivity contribution >= 4 is 29.0 Å². The van der Waals surface area contributed by atoms with Crippen molar-refractivity contribution in [3.05, 3.63) is 40.2 Å². The molecule has 0 bridgehead atoms. The van der Waals surface area contributed by atoms with Crippen LogP contribution in [0.5, 0.6) is 0 Å². The largest absolute Gasteiger partial charge is 0.383 e. The molecule has 13 nitrogen and oxygen atoms in total. The number of carbonyl (C=O) groups excluding carboxylic acids is 1. The van der Waals surface area contributed by atoms with Gasteiger partial charge in [-0.2, -0.15) is 4.98 Å². The molecule has 180 valence electrons. The molecule has 0 saturated carbocycles. The number of amides is 1. The standard InChI is InChI=1S/C20H29N7O6/c1-27-12(9-23-16-15(27)18(31)26-20(21)25-16)8-22-11-4-2-10(3-5-11)17(30)24-13(19(32)33)6-7-14(28)29/h2-5,12-14,19,22,28-29,32-33H,6-9H2,1H3,(H,24,30)(H4,21,23,25,26,31). The van der Waals surface area contributed by atoms with Gasteiger partial charge in [0.1, 0.15) is 5.69 Å². The van der Waals surface area contributed by atoms with E-state index in [9.17, 15) is 19.8 Å². The van der Waals surface area contributed by atoms with Crippen LogP contribution in [0.1, 0.15) is 23.2 Å². The average Bonchev–Trinajstić information content (AvgIpc) is 2.75. The molecule has 1 aromatic carbocycles. The first kappa shape index (κ1) is 24.3. The summed E-state index contributed by atoms with van der Waals surface area (Å²) in [4.78, 5) is 33.1. The number of rotatable bonds is 9. The van der Waals surface area contributed by atoms with E-state index in [0.29, 0.717) is 30.2 Å². The first-order chi connectivity index (χ1) is 15.7. The summed E-state index contributed by atoms with van der Waals surface area (Å²) in [6, 6.07) is 5.47. The Bertz CT molecular complexity index is 1010. The van der Waals surface area contributed by atoms with Crippen LogP contribution in [-0.4, -0.2) is 81.1 Å². The van der Waals surface area contributed by atoms with Crippen LogP contribution < -0.4 is 32.1 Å². The molecule has 1 aliphatic rings. The molecular formula is C20H29N7O6. The van der Waals surface area contributed by atoms with Gasteiger partial charge in [-0.15, -0.1) is 0 Å². The average molecular weight is 463 g/mol. The summed E-state index contributed by atoms with van der Waals surface area (Å²) in [6.07, 6.45) is -3.57. The van der Waals surface area contributed by atoms with Crippen LogP contribution in [0.25, 0.3) is 0 Å². The van der Waals surface area contributed by atoms with E-state index < -0.39 is 24.5 Å². The number of H-pyrrole nitrogens is 1. The number of nitrogens with zero attached hydrogens (tertiary/aromatic N) is 2. The van der Waals surface area contributed by atoms with E-state index in [-0.39, 0.29) is 30.4 Å². The second-order valence-corrected chi connectivity index (χ2v) is 7.80. The van der Waals surface area contributed by atoms with E-state index in [1.165, 1.54) is 0 Å². The lowest BCUT2D eigenvalue weighted by atomic mass is 10.1. The lowest BCUT2D eigenvalue weighted by Gasteiger charge is -2.35. The number of fused-ring (bicyclic) bond motifs is 1. The van der Waals surface area contributed by atoms with Crippen LogP contribution in [0.2, 0.25) is 0 Å². The van der Waals surface area contributed by atoms with Crippen molar-refractivity contribution in [3.8, 4) is 0 Å². The number of nitrogens with two attached hydrogens (primary N) is 1. The molecule has 2 aromatic rings. The van der Waals surface area contributed by atoms with E-state index in [1.54, 1.807) is 31.3 Å². The molecule has 2 heterocycles. The summed E-state index contributed by atoms with van der Waals surface area (Å²) in [5.74, 6) is -0.0396. The van der Waals surface area contributed by atoms with Crippen LogP contribution in [-0.2, 0) is 0 Å². The maximum atomic E-state index is 12.4.